The van der Waals surface area contributed by atoms with Gasteiger partial charge in [-0.1, -0.05) is 0 Å². The van der Waals surface area contributed by atoms with Crippen LogP contribution in [-0.4, -0.2) is 44.3 Å². The van der Waals surface area contributed by atoms with Gasteiger partial charge in [-0.2, -0.15) is 5.10 Å². The van der Waals surface area contributed by atoms with Gasteiger partial charge in [0.25, 0.3) is 0 Å². The van der Waals surface area contributed by atoms with Crippen LogP contribution in [0.5, 0.6) is 0 Å². The lowest BCUT2D eigenvalue weighted by Gasteiger charge is -2.47. The van der Waals surface area contributed by atoms with Crippen LogP contribution < -0.4 is 0 Å². The molecule has 106 valence electrons. The van der Waals surface area contributed by atoms with E-state index in [1.54, 1.807) is 6.20 Å². The first-order valence-corrected chi connectivity index (χ1v) is 7.26. The molecule has 1 aliphatic carbocycles. The molecule has 1 fully saturated rings. The topological polar surface area (TPSA) is 49.7 Å². The minimum Gasteiger partial charge on any atom is -0.302 e. The second-order valence-corrected chi connectivity index (χ2v) is 6.04. The third-order valence-electron chi connectivity index (χ3n) is 4.36. The Bertz CT molecular complexity index is 639. The van der Waals surface area contributed by atoms with Crippen molar-refractivity contribution in [1.29, 1.82) is 0 Å². The number of hydrogen-bond acceptors (Lipinski definition) is 4. The normalized spacial score (nSPS) is 17.1. The Morgan fingerprint density at radius 2 is 2.25 bits per heavy atom. The molecule has 1 N–H and O–H groups in total. The summed E-state index contributed by atoms with van der Waals surface area (Å²) in [5.74, 6) is 0.872. The summed E-state index contributed by atoms with van der Waals surface area (Å²) in [5.41, 5.74) is 1.20. The molecule has 0 aromatic carbocycles. The fourth-order valence-electron chi connectivity index (χ4n) is 2.81. The first-order valence-electron chi connectivity index (χ1n) is 6.85. The lowest BCUT2D eigenvalue weighted by atomic mass is 9.75. The van der Waals surface area contributed by atoms with Crippen molar-refractivity contribution < 1.29 is 0 Å². The molecular formula is C14H19N5S. The Balaban J connectivity index is 1.98. The molecule has 2 aromatic rings. The molecule has 0 spiro atoms. The largest absolute Gasteiger partial charge is 0.302 e. The maximum atomic E-state index is 5.41. The highest BCUT2D eigenvalue weighted by molar-refractivity contribution is 7.71. The Kier molecular flexibility index (Phi) is 3.43. The molecule has 0 aliphatic heterocycles. The predicted octanol–water partition coefficient (Wildman–Crippen LogP) is 2.49. The highest BCUT2D eigenvalue weighted by Crippen LogP contribution is 2.38. The highest BCUT2D eigenvalue weighted by Gasteiger charge is 2.40. The number of pyridine rings is 1. The van der Waals surface area contributed by atoms with E-state index in [1.165, 1.54) is 19.3 Å². The van der Waals surface area contributed by atoms with E-state index in [-0.39, 0.29) is 5.54 Å². The second-order valence-electron chi connectivity index (χ2n) is 5.65. The Morgan fingerprint density at radius 3 is 2.80 bits per heavy atom. The zero-order valence-corrected chi connectivity index (χ0v) is 12.7. The van der Waals surface area contributed by atoms with Gasteiger partial charge in [0.05, 0.1) is 0 Å². The fraction of sp³-hybridized carbons (Fsp3) is 0.500. The van der Waals surface area contributed by atoms with E-state index in [4.69, 9.17) is 12.2 Å². The number of aromatic amines is 1. The minimum atomic E-state index is 0.207. The van der Waals surface area contributed by atoms with E-state index in [0.717, 1.165) is 17.9 Å². The van der Waals surface area contributed by atoms with Gasteiger partial charge in [-0.3, -0.25) is 14.6 Å². The van der Waals surface area contributed by atoms with Gasteiger partial charge in [0.15, 0.2) is 10.6 Å². The third-order valence-corrected chi connectivity index (χ3v) is 4.68. The molecule has 0 amide bonds. The maximum absolute atomic E-state index is 5.41. The molecule has 0 atom stereocenters. The average molecular weight is 289 g/mol. The molecule has 0 unspecified atom stereocenters. The van der Waals surface area contributed by atoms with E-state index in [1.807, 2.05) is 18.3 Å². The monoisotopic (exact) mass is 289 g/mol. The molecule has 1 saturated carbocycles. The van der Waals surface area contributed by atoms with Crippen molar-refractivity contribution in [3.63, 3.8) is 0 Å². The lowest BCUT2D eigenvalue weighted by Crippen LogP contribution is -2.53. The van der Waals surface area contributed by atoms with Crippen molar-refractivity contribution in [2.45, 2.75) is 31.3 Å². The van der Waals surface area contributed by atoms with Gasteiger partial charge in [0, 0.05) is 30.0 Å². The van der Waals surface area contributed by atoms with E-state index >= 15 is 0 Å². The molecular weight excluding hydrogens is 270 g/mol. The number of nitrogens with one attached hydrogen (secondary N) is 1. The lowest BCUT2D eigenvalue weighted by molar-refractivity contribution is 0.0424. The van der Waals surface area contributed by atoms with Crippen molar-refractivity contribution in [2.75, 3.05) is 14.1 Å². The highest BCUT2D eigenvalue weighted by atomic mass is 32.1. The average Bonchev–Trinajstić information content (AvgIpc) is 2.75. The van der Waals surface area contributed by atoms with Crippen LogP contribution in [0.3, 0.4) is 0 Å². The molecule has 0 radical (unpaired) electrons. The quantitative estimate of drug-likeness (QED) is 0.879. The van der Waals surface area contributed by atoms with Crippen molar-refractivity contribution in [3.8, 4) is 11.4 Å². The van der Waals surface area contributed by atoms with Crippen LogP contribution in [0.4, 0.5) is 0 Å². The molecule has 3 rings (SSSR count). The van der Waals surface area contributed by atoms with Crippen molar-refractivity contribution in [1.82, 2.24) is 24.6 Å². The molecule has 20 heavy (non-hydrogen) atoms. The second kappa shape index (κ2) is 5.10. The van der Waals surface area contributed by atoms with Gasteiger partial charge < -0.3 is 4.90 Å². The zero-order chi connectivity index (χ0) is 14.2. The number of H-pyrrole nitrogens is 1. The van der Waals surface area contributed by atoms with Crippen molar-refractivity contribution in [2.24, 2.45) is 0 Å². The Labute approximate surface area is 123 Å². The van der Waals surface area contributed by atoms with Gasteiger partial charge in [-0.15, -0.1) is 0 Å². The Morgan fingerprint density at radius 1 is 1.45 bits per heavy atom. The molecule has 2 aromatic heterocycles. The van der Waals surface area contributed by atoms with Crippen LogP contribution in [0.1, 0.15) is 19.3 Å². The fourth-order valence-corrected chi connectivity index (χ4v) is 3.00. The smallest absolute Gasteiger partial charge is 0.195 e. The SMILES string of the molecule is CN(C)C1(Cn2c(-c3cccnc3)n[nH]c2=S)CCC1. The Hall–Kier alpha value is -1.53. The van der Waals surface area contributed by atoms with Gasteiger partial charge in [0.2, 0.25) is 0 Å². The van der Waals surface area contributed by atoms with E-state index in [9.17, 15) is 0 Å². The summed E-state index contributed by atoms with van der Waals surface area (Å²) in [5, 5.41) is 7.29. The number of rotatable bonds is 4. The van der Waals surface area contributed by atoms with Crippen LogP contribution in [0, 0.1) is 4.77 Å². The molecule has 5 nitrogen and oxygen atoms in total. The number of aromatic nitrogens is 4. The maximum Gasteiger partial charge on any atom is 0.195 e. The van der Waals surface area contributed by atoms with Crippen LogP contribution >= 0.6 is 12.2 Å². The minimum absolute atomic E-state index is 0.207. The molecule has 0 saturated heterocycles. The first-order chi connectivity index (χ1) is 9.62. The predicted molar refractivity (Wildman–Crippen MR) is 80.9 cm³/mol. The van der Waals surface area contributed by atoms with Crippen LogP contribution in [-0.2, 0) is 6.54 Å². The summed E-state index contributed by atoms with van der Waals surface area (Å²) >= 11 is 5.41. The standard InChI is InChI=1S/C14H19N5S/c1-18(2)14(6-4-7-14)10-19-12(16-17-13(19)20)11-5-3-8-15-9-11/h3,5,8-9H,4,6-7,10H2,1-2H3,(H,17,20). The van der Waals surface area contributed by atoms with Crippen LogP contribution in [0.2, 0.25) is 0 Å². The molecule has 1 aliphatic rings. The molecule has 6 heteroatoms. The number of hydrogen-bond donors (Lipinski definition) is 1. The van der Waals surface area contributed by atoms with E-state index < -0.39 is 0 Å². The number of likely N-dealkylation sites (N-methyl/N-ethyl adjacent to an activating group) is 1. The summed E-state index contributed by atoms with van der Waals surface area (Å²) in [4.78, 5) is 6.48. The van der Waals surface area contributed by atoms with Gasteiger partial charge in [-0.25, -0.2) is 0 Å². The van der Waals surface area contributed by atoms with Gasteiger partial charge in [0.1, 0.15) is 0 Å². The third kappa shape index (κ3) is 2.19. The number of nitrogens with zero attached hydrogens (tertiary/aromatic N) is 4. The van der Waals surface area contributed by atoms with E-state index in [2.05, 4.69) is 38.7 Å². The zero-order valence-electron chi connectivity index (χ0n) is 11.8. The van der Waals surface area contributed by atoms with Crippen molar-refractivity contribution >= 4 is 12.2 Å². The molecule has 0 bridgehead atoms. The van der Waals surface area contributed by atoms with Gasteiger partial charge in [-0.05, 0) is 57.7 Å². The molecule has 2 heterocycles. The van der Waals surface area contributed by atoms with Crippen molar-refractivity contribution in [3.05, 3.63) is 29.3 Å². The first kappa shape index (κ1) is 13.5. The van der Waals surface area contributed by atoms with E-state index in [0.29, 0.717) is 4.77 Å². The summed E-state index contributed by atoms with van der Waals surface area (Å²) in [6, 6.07) is 3.93. The summed E-state index contributed by atoms with van der Waals surface area (Å²) < 4.78 is 2.78. The van der Waals surface area contributed by atoms with Gasteiger partial charge >= 0.3 is 0 Å². The van der Waals surface area contributed by atoms with Crippen LogP contribution in [0.15, 0.2) is 24.5 Å². The summed E-state index contributed by atoms with van der Waals surface area (Å²) in [7, 11) is 4.29. The van der Waals surface area contributed by atoms with Crippen LogP contribution in [0.25, 0.3) is 11.4 Å². The summed E-state index contributed by atoms with van der Waals surface area (Å²) in [6.45, 7) is 0.875. The summed E-state index contributed by atoms with van der Waals surface area (Å²) in [6.07, 6.45) is 7.29.